The van der Waals surface area contributed by atoms with E-state index in [2.05, 4.69) is 5.32 Å². The second-order valence-corrected chi connectivity index (χ2v) is 6.62. The number of nitrogens with one attached hydrogen (secondary N) is 1. The largest absolute Gasteiger partial charge is 0.484 e. The monoisotopic (exact) mass is 391 g/mol. The summed E-state index contributed by atoms with van der Waals surface area (Å²) in [5.74, 6) is -1.78. The first-order valence-electron chi connectivity index (χ1n) is 9.06. The summed E-state index contributed by atoms with van der Waals surface area (Å²) in [6.45, 7) is 0.171. The smallest absolute Gasteiger partial charge is 0.306 e. The van der Waals surface area contributed by atoms with Crippen LogP contribution >= 0.6 is 0 Å². The maximum absolute atomic E-state index is 12.3. The number of carbonyl (C=O) groups is 4. The number of aliphatic carboxylic acids is 1. The predicted molar refractivity (Wildman–Crippen MR) is 99.5 cm³/mol. The van der Waals surface area contributed by atoms with Crippen LogP contribution in [0.5, 0.6) is 5.75 Å². The molecule has 9 nitrogen and oxygen atoms in total. The molecule has 0 spiro atoms. The van der Waals surface area contributed by atoms with E-state index in [0.29, 0.717) is 31.7 Å². The van der Waals surface area contributed by atoms with Crippen molar-refractivity contribution in [2.24, 2.45) is 5.92 Å². The van der Waals surface area contributed by atoms with Crippen LogP contribution in [0.15, 0.2) is 30.3 Å². The molecule has 1 aromatic rings. The van der Waals surface area contributed by atoms with Crippen molar-refractivity contribution >= 4 is 23.7 Å². The molecule has 1 aliphatic heterocycles. The highest BCUT2D eigenvalue weighted by molar-refractivity contribution is 5.88. The quantitative estimate of drug-likeness (QED) is 0.643. The van der Waals surface area contributed by atoms with Crippen LogP contribution in [0.1, 0.15) is 12.8 Å². The Labute approximate surface area is 163 Å². The Morgan fingerprint density at radius 2 is 1.82 bits per heavy atom. The summed E-state index contributed by atoms with van der Waals surface area (Å²) in [6.07, 6.45) is 0.826. The van der Waals surface area contributed by atoms with E-state index in [4.69, 9.17) is 9.84 Å². The number of carboxylic acids is 1. The number of hydrogen-bond acceptors (Lipinski definition) is 5. The van der Waals surface area contributed by atoms with E-state index >= 15 is 0 Å². The highest BCUT2D eigenvalue weighted by atomic mass is 16.5. The number of hydrogen-bond donors (Lipinski definition) is 2. The van der Waals surface area contributed by atoms with Crippen molar-refractivity contribution in [3.8, 4) is 5.75 Å². The van der Waals surface area contributed by atoms with Crippen LogP contribution in [-0.2, 0) is 19.2 Å². The number of likely N-dealkylation sites (N-methyl/N-ethyl adjacent to an activating group) is 1. The van der Waals surface area contributed by atoms with Gasteiger partial charge in [0.2, 0.25) is 11.8 Å². The molecule has 152 valence electrons. The number of likely N-dealkylation sites (tertiary alicyclic amines) is 1. The van der Waals surface area contributed by atoms with Crippen molar-refractivity contribution in [3.63, 3.8) is 0 Å². The van der Waals surface area contributed by atoms with Crippen LogP contribution in [0, 0.1) is 5.92 Å². The topological polar surface area (TPSA) is 116 Å². The summed E-state index contributed by atoms with van der Waals surface area (Å²) in [7, 11) is 1.48. The van der Waals surface area contributed by atoms with Gasteiger partial charge in [-0.15, -0.1) is 0 Å². The SMILES string of the molecule is CN(CC(=O)N1CCC(C(=O)O)CC1)C(=O)CNC(=O)COc1ccccc1. The molecule has 1 heterocycles. The summed E-state index contributed by atoms with van der Waals surface area (Å²) in [5, 5.41) is 11.4. The summed E-state index contributed by atoms with van der Waals surface area (Å²) in [5.41, 5.74) is 0. The zero-order chi connectivity index (χ0) is 20.5. The van der Waals surface area contributed by atoms with Crippen molar-refractivity contribution in [2.75, 3.05) is 39.8 Å². The van der Waals surface area contributed by atoms with Gasteiger partial charge in [-0.3, -0.25) is 19.2 Å². The number of rotatable bonds is 8. The van der Waals surface area contributed by atoms with Gasteiger partial charge in [-0.05, 0) is 25.0 Å². The van der Waals surface area contributed by atoms with E-state index in [1.54, 1.807) is 29.2 Å². The zero-order valence-corrected chi connectivity index (χ0v) is 15.8. The van der Waals surface area contributed by atoms with Gasteiger partial charge >= 0.3 is 5.97 Å². The number of ether oxygens (including phenoxy) is 1. The number of benzene rings is 1. The second-order valence-electron chi connectivity index (χ2n) is 6.62. The first kappa shape index (κ1) is 21.2. The third-order valence-electron chi connectivity index (χ3n) is 4.55. The van der Waals surface area contributed by atoms with Crippen LogP contribution in [0.2, 0.25) is 0 Å². The molecule has 0 aromatic heterocycles. The molecule has 3 amide bonds. The summed E-state index contributed by atoms with van der Waals surface area (Å²) < 4.78 is 5.29. The molecule has 9 heteroatoms. The molecule has 1 aromatic carbocycles. The number of nitrogens with zero attached hydrogens (tertiary/aromatic N) is 2. The van der Waals surface area contributed by atoms with Crippen LogP contribution in [-0.4, -0.2) is 78.4 Å². The van der Waals surface area contributed by atoms with Crippen LogP contribution in [0.4, 0.5) is 0 Å². The molecular weight excluding hydrogens is 366 g/mol. The molecule has 0 atom stereocenters. The van der Waals surface area contributed by atoms with Crippen LogP contribution in [0.25, 0.3) is 0 Å². The van der Waals surface area contributed by atoms with Gasteiger partial charge in [0.1, 0.15) is 5.75 Å². The first-order chi connectivity index (χ1) is 13.4. The van der Waals surface area contributed by atoms with Crippen LogP contribution < -0.4 is 10.1 Å². The highest BCUT2D eigenvalue weighted by Gasteiger charge is 2.27. The number of amides is 3. The summed E-state index contributed by atoms with van der Waals surface area (Å²) in [6, 6.07) is 8.84. The minimum atomic E-state index is -0.841. The molecule has 1 aliphatic rings. The van der Waals surface area contributed by atoms with Gasteiger partial charge in [-0.2, -0.15) is 0 Å². The van der Waals surface area contributed by atoms with E-state index in [1.165, 1.54) is 11.9 Å². The average Bonchev–Trinajstić information content (AvgIpc) is 2.71. The van der Waals surface area contributed by atoms with Crippen molar-refractivity contribution in [2.45, 2.75) is 12.8 Å². The highest BCUT2D eigenvalue weighted by Crippen LogP contribution is 2.17. The van der Waals surface area contributed by atoms with Gasteiger partial charge < -0.3 is 25.0 Å². The molecule has 28 heavy (non-hydrogen) atoms. The van der Waals surface area contributed by atoms with E-state index in [0.717, 1.165) is 0 Å². The van der Waals surface area contributed by atoms with Gasteiger partial charge in [0, 0.05) is 20.1 Å². The average molecular weight is 391 g/mol. The van der Waals surface area contributed by atoms with Crippen molar-refractivity contribution in [1.29, 1.82) is 0 Å². The third-order valence-corrected chi connectivity index (χ3v) is 4.55. The molecule has 0 radical (unpaired) electrons. The predicted octanol–water partition coefficient (Wildman–Crippen LogP) is -0.0368. The van der Waals surface area contributed by atoms with Gasteiger partial charge in [-0.25, -0.2) is 0 Å². The second kappa shape index (κ2) is 10.3. The van der Waals surface area contributed by atoms with Crippen molar-refractivity contribution in [3.05, 3.63) is 30.3 Å². The third kappa shape index (κ3) is 6.57. The molecule has 2 N–H and O–H groups in total. The fraction of sp³-hybridized carbons (Fsp3) is 0.474. The number of para-hydroxylation sites is 1. The zero-order valence-electron chi connectivity index (χ0n) is 15.8. The standard InChI is InChI=1S/C19H25N3O6/c1-21(12-18(25)22-9-7-14(8-10-22)19(26)27)17(24)11-20-16(23)13-28-15-5-3-2-4-6-15/h2-6,14H,7-13H2,1H3,(H,20,23)(H,26,27). The van der Waals surface area contributed by atoms with E-state index in [1.807, 2.05) is 6.07 Å². The van der Waals surface area contributed by atoms with E-state index in [-0.39, 0.29) is 25.6 Å². The Balaban J connectivity index is 1.67. The first-order valence-corrected chi connectivity index (χ1v) is 9.06. The lowest BCUT2D eigenvalue weighted by molar-refractivity contribution is -0.146. The minimum Gasteiger partial charge on any atom is -0.484 e. The Kier molecular flexibility index (Phi) is 7.79. The van der Waals surface area contributed by atoms with Gasteiger partial charge in [0.25, 0.3) is 5.91 Å². The molecule has 1 fully saturated rings. The maximum Gasteiger partial charge on any atom is 0.306 e. The lowest BCUT2D eigenvalue weighted by atomic mass is 9.97. The minimum absolute atomic E-state index is 0.118. The molecule has 0 saturated carbocycles. The van der Waals surface area contributed by atoms with E-state index < -0.39 is 23.7 Å². The Morgan fingerprint density at radius 3 is 2.43 bits per heavy atom. The maximum atomic E-state index is 12.3. The Bertz CT molecular complexity index is 701. The molecular formula is C19H25N3O6. The number of carbonyl (C=O) groups excluding carboxylic acids is 3. The van der Waals surface area contributed by atoms with Crippen molar-refractivity contribution in [1.82, 2.24) is 15.1 Å². The lowest BCUT2D eigenvalue weighted by Crippen LogP contribution is -2.47. The molecule has 0 bridgehead atoms. The van der Waals surface area contributed by atoms with Gasteiger partial charge in [0.05, 0.1) is 19.0 Å². The Morgan fingerprint density at radius 1 is 1.18 bits per heavy atom. The van der Waals surface area contributed by atoms with Gasteiger partial charge in [0.15, 0.2) is 6.61 Å². The lowest BCUT2D eigenvalue weighted by Gasteiger charge is -2.31. The normalized spacial score (nSPS) is 14.2. The fourth-order valence-corrected chi connectivity index (χ4v) is 2.79. The fourth-order valence-electron chi connectivity index (χ4n) is 2.79. The summed E-state index contributed by atoms with van der Waals surface area (Å²) in [4.78, 5) is 49.9. The van der Waals surface area contributed by atoms with Crippen LogP contribution in [0.3, 0.4) is 0 Å². The molecule has 0 aliphatic carbocycles. The van der Waals surface area contributed by atoms with Gasteiger partial charge in [-0.1, -0.05) is 18.2 Å². The molecule has 1 saturated heterocycles. The number of carboxylic acid groups (broad SMARTS) is 1. The number of piperidine rings is 1. The van der Waals surface area contributed by atoms with E-state index in [9.17, 15) is 19.2 Å². The van der Waals surface area contributed by atoms with Crippen molar-refractivity contribution < 1.29 is 29.0 Å². The molecule has 2 rings (SSSR count). The summed E-state index contributed by atoms with van der Waals surface area (Å²) >= 11 is 0. The Hall–Kier alpha value is -3.10. The molecule has 0 unspecified atom stereocenters.